The standard InChI is InChI=1S/C20H17ClFN3O4S/c1-29-19(26)10-16-15-7-9-18(21)23-20(15)25-11-13(4-8-17(16)25)24-30(27,28)14-5-2-12(22)3-6-14/h2-9,13,24H,10-11H2,1H3. The van der Waals surface area contributed by atoms with Crippen molar-refractivity contribution in [3.63, 3.8) is 0 Å². The zero-order valence-electron chi connectivity index (χ0n) is 15.8. The Kier molecular flexibility index (Phi) is 5.35. The Morgan fingerprint density at radius 2 is 2.03 bits per heavy atom. The average Bonchev–Trinajstić information content (AvgIpc) is 3.00. The topological polar surface area (TPSA) is 90.3 Å². The molecule has 0 spiro atoms. The van der Waals surface area contributed by atoms with Gasteiger partial charge in [0.05, 0.1) is 24.5 Å². The van der Waals surface area contributed by atoms with Crippen LogP contribution in [0.4, 0.5) is 4.39 Å². The Labute approximate surface area is 177 Å². The summed E-state index contributed by atoms with van der Waals surface area (Å²) in [6.45, 7) is 0.247. The first-order valence-corrected chi connectivity index (χ1v) is 10.8. The molecule has 7 nitrogen and oxygen atoms in total. The minimum atomic E-state index is -3.86. The highest BCUT2D eigenvalue weighted by Gasteiger charge is 2.26. The number of ether oxygens (including phenoxy) is 1. The maximum absolute atomic E-state index is 13.1. The van der Waals surface area contributed by atoms with Gasteiger partial charge in [0.1, 0.15) is 16.6 Å². The summed E-state index contributed by atoms with van der Waals surface area (Å²) in [5, 5.41) is 1.02. The van der Waals surface area contributed by atoms with E-state index in [0.29, 0.717) is 5.65 Å². The van der Waals surface area contributed by atoms with E-state index in [4.69, 9.17) is 16.3 Å². The number of sulfonamides is 1. The normalized spacial score (nSPS) is 15.9. The molecule has 1 N–H and O–H groups in total. The zero-order valence-corrected chi connectivity index (χ0v) is 17.4. The molecule has 1 aliphatic rings. The van der Waals surface area contributed by atoms with Crippen molar-refractivity contribution in [2.24, 2.45) is 0 Å². The summed E-state index contributed by atoms with van der Waals surface area (Å²) >= 11 is 6.06. The first kappa shape index (κ1) is 20.5. The van der Waals surface area contributed by atoms with Gasteiger partial charge < -0.3 is 9.30 Å². The minimum Gasteiger partial charge on any atom is -0.469 e. The first-order valence-electron chi connectivity index (χ1n) is 8.99. The number of fused-ring (bicyclic) bond motifs is 3. The minimum absolute atomic E-state index is 0.0342. The fourth-order valence-electron chi connectivity index (χ4n) is 3.48. The van der Waals surface area contributed by atoms with Crippen molar-refractivity contribution < 1.29 is 22.3 Å². The molecule has 0 saturated heterocycles. The fraction of sp³-hybridized carbons (Fsp3) is 0.200. The lowest BCUT2D eigenvalue weighted by Gasteiger charge is -2.22. The molecule has 1 aromatic carbocycles. The molecule has 3 heterocycles. The number of methoxy groups -OCH3 is 1. The van der Waals surface area contributed by atoms with E-state index in [1.165, 1.54) is 19.2 Å². The van der Waals surface area contributed by atoms with E-state index < -0.39 is 27.9 Å². The smallest absolute Gasteiger partial charge is 0.310 e. The van der Waals surface area contributed by atoms with Gasteiger partial charge in [-0.3, -0.25) is 4.79 Å². The van der Waals surface area contributed by atoms with Crippen LogP contribution in [0.2, 0.25) is 5.15 Å². The number of carbonyl (C=O) groups is 1. The summed E-state index contributed by atoms with van der Waals surface area (Å²) in [7, 11) is -2.54. The molecule has 0 bridgehead atoms. The lowest BCUT2D eigenvalue weighted by Crippen LogP contribution is -2.38. The molecular formula is C20H17ClFN3O4S. The second-order valence-corrected chi connectivity index (χ2v) is 8.87. The van der Waals surface area contributed by atoms with Crippen LogP contribution in [0.5, 0.6) is 0 Å². The van der Waals surface area contributed by atoms with Crippen molar-refractivity contribution in [3.8, 4) is 0 Å². The maximum atomic E-state index is 13.1. The van der Waals surface area contributed by atoms with Gasteiger partial charge in [0.15, 0.2) is 0 Å². The monoisotopic (exact) mass is 449 g/mol. The molecule has 156 valence electrons. The van der Waals surface area contributed by atoms with Gasteiger partial charge in [-0.05, 0) is 48.0 Å². The van der Waals surface area contributed by atoms with Gasteiger partial charge in [-0.2, -0.15) is 0 Å². The number of esters is 1. The molecule has 30 heavy (non-hydrogen) atoms. The van der Waals surface area contributed by atoms with Crippen LogP contribution in [0.3, 0.4) is 0 Å². The highest BCUT2D eigenvalue weighted by atomic mass is 35.5. The predicted molar refractivity (Wildman–Crippen MR) is 110 cm³/mol. The third-order valence-corrected chi connectivity index (χ3v) is 6.58. The number of rotatable bonds is 5. The lowest BCUT2D eigenvalue weighted by molar-refractivity contribution is -0.139. The summed E-state index contributed by atoms with van der Waals surface area (Å²) in [5.41, 5.74) is 2.02. The lowest BCUT2D eigenvalue weighted by atomic mass is 10.1. The summed E-state index contributed by atoms with van der Waals surface area (Å²) in [6, 6.07) is 7.43. The van der Waals surface area contributed by atoms with Crippen molar-refractivity contribution in [2.75, 3.05) is 7.11 Å². The van der Waals surface area contributed by atoms with E-state index >= 15 is 0 Å². The number of hydrogen-bond acceptors (Lipinski definition) is 5. The highest BCUT2D eigenvalue weighted by molar-refractivity contribution is 7.89. The number of pyridine rings is 1. The maximum Gasteiger partial charge on any atom is 0.310 e. The molecule has 4 rings (SSSR count). The molecule has 1 atom stereocenters. The Hall–Kier alpha value is -2.75. The Morgan fingerprint density at radius 1 is 1.30 bits per heavy atom. The summed E-state index contributed by atoms with van der Waals surface area (Å²) in [4.78, 5) is 16.2. The predicted octanol–water partition coefficient (Wildman–Crippen LogP) is 2.92. The van der Waals surface area contributed by atoms with E-state index in [2.05, 4.69) is 9.71 Å². The van der Waals surface area contributed by atoms with Crippen LogP contribution in [0.1, 0.15) is 11.3 Å². The quantitative estimate of drug-likeness (QED) is 0.478. The van der Waals surface area contributed by atoms with Crippen molar-refractivity contribution in [1.29, 1.82) is 0 Å². The Bertz CT molecular complexity index is 1270. The number of aromatic nitrogens is 2. The van der Waals surface area contributed by atoms with Gasteiger partial charge in [0.25, 0.3) is 0 Å². The third kappa shape index (κ3) is 3.83. The van der Waals surface area contributed by atoms with Crippen LogP contribution in [0.25, 0.3) is 17.1 Å². The molecule has 0 amide bonds. The van der Waals surface area contributed by atoms with E-state index in [1.54, 1.807) is 24.3 Å². The Balaban J connectivity index is 1.69. The molecular weight excluding hydrogens is 433 g/mol. The van der Waals surface area contributed by atoms with Gasteiger partial charge >= 0.3 is 5.97 Å². The highest BCUT2D eigenvalue weighted by Crippen LogP contribution is 2.31. The third-order valence-electron chi connectivity index (χ3n) is 4.87. The summed E-state index contributed by atoms with van der Waals surface area (Å²) in [5.74, 6) is -0.913. The van der Waals surface area contributed by atoms with Crippen molar-refractivity contribution in [2.45, 2.75) is 23.9 Å². The van der Waals surface area contributed by atoms with Crippen LogP contribution >= 0.6 is 11.6 Å². The van der Waals surface area contributed by atoms with E-state index in [9.17, 15) is 17.6 Å². The summed E-state index contributed by atoms with van der Waals surface area (Å²) in [6.07, 6.45) is 3.50. The number of carbonyl (C=O) groups excluding carboxylic acids is 1. The molecule has 2 aromatic heterocycles. The van der Waals surface area contributed by atoms with Crippen molar-refractivity contribution in [3.05, 3.63) is 64.7 Å². The molecule has 3 aromatic rings. The fourth-order valence-corrected chi connectivity index (χ4v) is 4.81. The number of hydrogen-bond donors (Lipinski definition) is 1. The van der Waals surface area contributed by atoms with E-state index in [1.807, 2.05) is 4.57 Å². The van der Waals surface area contributed by atoms with Crippen LogP contribution < -0.4 is 4.72 Å². The largest absolute Gasteiger partial charge is 0.469 e. The Morgan fingerprint density at radius 3 is 2.73 bits per heavy atom. The summed E-state index contributed by atoms with van der Waals surface area (Å²) < 4.78 is 47.6. The van der Waals surface area contributed by atoms with Gasteiger partial charge in [-0.25, -0.2) is 22.5 Å². The van der Waals surface area contributed by atoms with E-state index in [-0.39, 0.29) is 23.0 Å². The van der Waals surface area contributed by atoms with Gasteiger partial charge in [-0.1, -0.05) is 17.7 Å². The molecule has 0 radical (unpaired) electrons. The van der Waals surface area contributed by atoms with Crippen LogP contribution in [0, 0.1) is 5.82 Å². The van der Waals surface area contributed by atoms with Gasteiger partial charge in [0, 0.05) is 17.6 Å². The van der Waals surface area contributed by atoms with Crippen LogP contribution in [0.15, 0.2) is 47.4 Å². The van der Waals surface area contributed by atoms with Crippen LogP contribution in [-0.4, -0.2) is 37.1 Å². The number of benzene rings is 1. The number of halogens is 2. The molecule has 1 unspecified atom stereocenters. The van der Waals surface area contributed by atoms with Crippen LogP contribution in [-0.2, 0) is 32.5 Å². The molecule has 1 aliphatic heterocycles. The second-order valence-electron chi connectivity index (χ2n) is 6.77. The SMILES string of the molecule is COC(=O)Cc1c2n(c3nc(Cl)ccc13)CC(NS(=O)(=O)c1ccc(F)cc1)C=C2. The molecule has 0 saturated carbocycles. The van der Waals surface area contributed by atoms with Gasteiger partial charge in [0.2, 0.25) is 10.0 Å². The zero-order chi connectivity index (χ0) is 21.5. The molecule has 10 heteroatoms. The van der Waals surface area contributed by atoms with Gasteiger partial charge in [-0.15, -0.1) is 0 Å². The van der Waals surface area contributed by atoms with Crippen molar-refractivity contribution in [1.82, 2.24) is 14.3 Å². The molecule has 0 aliphatic carbocycles. The molecule has 0 fully saturated rings. The first-order chi connectivity index (χ1) is 14.3. The van der Waals surface area contributed by atoms with E-state index in [0.717, 1.165) is 28.8 Å². The number of nitrogens with one attached hydrogen (secondary N) is 1. The number of nitrogens with zero attached hydrogens (tertiary/aromatic N) is 2. The average molecular weight is 450 g/mol. The van der Waals surface area contributed by atoms with Crippen molar-refractivity contribution >= 4 is 44.7 Å². The second kappa shape index (κ2) is 7.82.